The molecule has 2 rings (SSSR count). The van der Waals surface area contributed by atoms with Gasteiger partial charge in [0.05, 0.1) is 17.5 Å². The molecule has 0 bridgehead atoms. The summed E-state index contributed by atoms with van der Waals surface area (Å²) in [5.41, 5.74) is 1.20. The molecule has 1 aromatic rings. The van der Waals surface area contributed by atoms with Gasteiger partial charge >= 0.3 is 0 Å². The molecule has 0 aliphatic carbocycles. The van der Waals surface area contributed by atoms with Crippen molar-refractivity contribution in [1.29, 1.82) is 0 Å². The van der Waals surface area contributed by atoms with E-state index in [1.165, 1.54) is 5.56 Å². The summed E-state index contributed by atoms with van der Waals surface area (Å²) in [7, 11) is -2.81. The summed E-state index contributed by atoms with van der Waals surface area (Å²) >= 11 is 1.63. The maximum absolute atomic E-state index is 11.2. The Kier molecular flexibility index (Phi) is 2.93. The van der Waals surface area contributed by atoms with Crippen LogP contribution in [-0.2, 0) is 9.84 Å². The van der Waals surface area contributed by atoms with Gasteiger partial charge in [-0.3, -0.25) is 4.99 Å². The molecule has 0 radical (unpaired) electrons. The molecule has 1 atom stereocenters. The van der Waals surface area contributed by atoms with Gasteiger partial charge in [-0.1, -0.05) is 0 Å². The van der Waals surface area contributed by atoms with Gasteiger partial charge in [-0.25, -0.2) is 8.42 Å². The maximum atomic E-state index is 11.2. The van der Waals surface area contributed by atoms with E-state index in [9.17, 15) is 8.42 Å². The third kappa shape index (κ3) is 2.66. The summed E-state index contributed by atoms with van der Waals surface area (Å²) in [5, 5.41) is 2.02. The molecule has 1 aliphatic heterocycles. The minimum absolute atomic E-state index is 0.0310. The standard InChI is InChI=1S/C10H13NO2S2/c1-8-2-4-14-10(8)6-11-9-3-5-15(12,13)7-9/h2,4,6,9H,3,5,7H2,1H3/t9-/m1/s1. The first-order chi connectivity index (χ1) is 7.07. The zero-order chi connectivity index (χ0) is 10.9. The molecule has 3 nitrogen and oxygen atoms in total. The van der Waals surface area contributed by atoms with E-state index >= 15 is 0 Å². The number of nitrogens with zero attached hydrogens (tertiary/aromatic N) is 1. The van der Waals surface area contributed by atoms with E-state index in [4.69, 9.17) is 0 Å². The van der Waals surface area contributed by atoms with Gasteiger partial charge < -0.3 is 0 Å². The van der Waals surface area contributed by atoms with Crippen molar-refractivity contribution in [1.82, 2.24) is 0 Å². The zero-order valence-corrected chi connectivity index (χ0v) is 10.1. The van der Waals surface area contributed by atoms with E-state index < -0.39 is 9.84 Å². The normalized spacial score (nSPS) is 25.0. The average molecular weight is 243 g/mol. The zero-order valence-electron chi connectivity index (χ0n) is 8.51. The lowest BCUT2D eigenvalue weighted by Gasteiger charge is -1.98. The summed E-state index contributed by atoms with van der Waals surface area (Å²) in [4.78, 5) is 5.45. The molecule has 0 spiro atoms. The van der Waals surface area contributed by atoms with Crippen LogP contribution in [0.25, 0.3) is 0 Å². The number of hydrogen-bond acceptors (Lipinski definition) is 4. The van der Waals surface area contributed by atoms with Crippen LogP contribution in [0.2, 0.25) is 0 Å². The van der Waals surface area contributed by atoms with Gasteiger partial charge in [0, 0.05) is 11.1 Å². The summed E-state index contributed by atoms with van der Waals surface area (Å²) in [6, 6.07) is 2.01. The van der Waals surface area contributed by atoms with Crippen molar-refractivity contribution in [2.75, 3.05) is 11.5 Å². The van der Waals surface area contributed by atoms with Gasteiger partial charge in [-0.2, -0.15) is 0 Å². The van der Waals surface area contributed by atoms with Gasteiger partial charge in [-0.05, 0) is 30.4 Å². The van der Waals surface area contributed by atoms with E-state index in [-0.39, 0.29) is 11.8 Å². The molecule has 0 N–H and O–H groups in total. The van der Waals surface area contributed by atoms with Crippen LogP contribution < -0.4 is 0 Å². The molecular formula is C10H13NO2S2. The molecule has 1 aliphatic rings. The summed E-state index contributed by atoms with van der Waals surface area (Å²) in [6.45, 7) is 2.03. The third-order valence-electron chi connectivity index (χ3n) is 2.51. The van der Waals surface area contributed by atoms with Crippen molar-refractivity contribution in [2.24, 2.45) is 4.99 Å². The second kappa shape index (κ2) is 4.06. The minimum atomic E-state index is -2.81. The number of thiophene rings is 1. The monoisotopic (exact) mass is 243 g/mol. The van der Waals surface area contributed by atoms with Crippen molar-refractivity contribution < 1.29 is 8.42 Å². The molecule has 0 amide bonds. The largest absolute Gasteiger partial charge is 0.287 e. The number of aliphatic imine (C=N–C) groups is 1. The van der Waals surface area contributed by atoms with Crippen LogP contribution in [0, 0.1) is 6.92 Å². The Morgan fingerprint density at radius 1 is 1.60 bits per heavy atom. The van der Waals surface area contributed by atoms with Crippen molar-refractivity contribution in [2.45, 2.75) is 19.4 Å². The third-order valence-corrected chi connectivity index (χ3v) is 5.22. The highest BCUT2D eigenvalue weighted by atomic mass is 32.2. The Labute approximate surface area is 93.8 Å². The van der Waals surface area contributed by atoms with Crippen LogP contribution in [0.5, 0.6) is 0 Å². The van der Waals surface area contributed by atoms with E-state index in [1.54, 1.807) is 11.3 Å². The molecule has 15 heavy (non-hydrogen) atoms. The fourth-order valence-electron chi connectivity index (χ4n) is 1.58. The van der Waals surface area contributed by atoms with Gasteiger partial charge in [-0.15, -0.1) is 11.3 Å². The molecule has 0 saturated carbocycles. The topological polar surface area (TPSA) is 46.5 Å². The predicted octanol–water partition coefficient (Wildman–Crippen LogP) is 1.66. The Hall–Kier alpha value is -0.680. The van der Waals surface area contributed by atoms with Crippen LogP contribution >= 0.6 is 11.3 Å². The fourth-order valence-corrected chi connectivity index (χ4v) is 4.01. The van der Waals surface area contributed by atoms with Gasteiger partial charge in [0.25, 0.3) is 0 Å². The molecular weight excluding hydrogens is 230 g/mol. The van der Waals surface area contributed by atoms with Crippen LogP contribution in [0.1, 0.15) is 16.9 Å². The van der Waals surface area contributed by atoms with Crippen LogP contribution in [0.15, 0.2) is 16.4 Å². The molecule has 2 heterocycles. The predicted molar refractivity (Wildman–Crippen MR) is 63.7 cm³/mol. The fraction of sp³-hybridized carbons (Fsp3) is 0.500. The highest BCUT2D eigenvalue weighted by molar-refractivity contribution is 7.91. The number of sulfone groups is 1. The highest BCUT2D eigenvalue weighted by Crippen LogP contribution is 2.17. The molecule has 82 valence electrons. The smallest absolute Gasteiger partial charge is 0.152 e. The summed E-state index contributed by atoms with van der Waals surface area (Å²) < 4.78 is 22.4. The first-order valence-electron chi connectivity index (χ1n) is 4.84. The van der Waals surface area contributed by atoms with Crippen LogP contribution in [0.4, 0.5) is 0 Å². The van der Waals surface area contributed by atoms with Crippen molar-refractivity contribution in [3.05, 3.63) is 21.9 Å². The number of aryl methyl sites for hydroxylation is 1. The number of rotatable bonds is 2. The van der Waals surface area contributed by atoms with Crippen LogP contribution in [0.3, 0.4) is 0 Å². The van der Waals surface area contributed by atoms with E-state index in [0.29, 0.717) is 12.2 Å². The van der Waals surface area contributed by atoms with Gasteiger partial charge in [0.1, 0.15) is 0 Å². The van der Waals surface area contributed by atoms with Crippen molar-refractivity contribution >= 4 is 27.4 Å². The van der Waals surface area contributed by atoms with Gasteiger partial charge in [0.2, 0.25) is 0 Å². The molecule has 0 unspecified atom stereocenters. The summed E-state index contributed by atoms with van der Waals surface area (Å²) in [5.74, 6) is 0.506. The molecule has 5 heteroatoms. The maximum Gasteiger partial charge on any atom is 0.152 e. The molecule has 1 saturated heterocycles. The minimum Gasteiger partial charge on any atom is -0.287 e. The SMILES string of the molecule is Cc1ccsc1C=N[C@@H]1CCS(=O)(=O)C1. The Balaban J connectivity index is 2.05. The van der Waals surface area contributed by atoms with Crippen molar-refractivity contribution in [3.8, 4) is 0 Å². The van der Waals surface area contributed by atoms with Gasteiger partial charge in [0.15, 0.2) is 9.84 Å². The Bertz CT molecular complexity index is 473. The second-order valence-electron chi connectivity index (χ2n) is 3.80. The Morgan fingerprint density at radius 2 is 2.40 bits per heavy atom. The lowest BCUT2D eigenvalue weighted by Crippen LogP contribution is -2.07. The van der Waals surface area contributed by atoms with Crippen molar-refractivity contribution in [3.63, 3.8) is 0 Å². The molecule has 1 fully saturated rings. The quantitative estimate of drug-likeness (QED) is 0.742. The lowest BCUT2D eigenvalue weighted by atomic mass is 10.3. The second-order valence-corrected chi connectivity index (χ2v) is 6.98. The molecule has 1 aromatic heterocycles. The first kappa shape index (κ1) is 10.8. The van der Waals surface area contributed by atoms with E-state index in [2.05, 4.69) is 4.99 Å². The average Bonchev–Trinajstić information content (AvgIpc) is 2.69. The highest BCUT2D eigenvalue weighted by Gasteiger charge is 2.26. The summed E-state index contributed by atoms with van der Waals surface area (Å²) in [6.07, 6.45) is 2.48. The Morgan fingerprint density at radius 3 is 2.93 bits per heavy atom. The first-order valence-corrected chi connectivity index (χ1v) is 7.55. The number of hydrogen-bond donors (Lipinski definition) is 0. The molecule has 0 aromatic carbocycles. The van der Waals surface area contributed by atoms with Crippen LogP contribution in [-0.4, -0.2) is 32.2 Å². The van der Waals surface area contributed by atoms with E-state index in [0.717, 1.165) is 4.88 Å². The van der Waals surface area contributed by atoms with E-state index in [1.807, 2.05) is 24.6 Å². The lowest BCUT2D eigenvalue weighted by molar-refractivity contribution is 0.601.